The monoisotopic (exact) mass is 473 g/mol. The Morgan fingerprint density at radius 3 is 2.84 bits per heavy atom. The van der Waals surface area contributed by atoms with Gasteiger partial charge in [0.15, 0.2) is 6.23 Å². The van der Waals surface area contributed by atoms with Crippen LogP contribution in [0, 0.1) is 0 Å². The summed E-state index contributed by atoms with van der Waals surface area (Å²) in [7, 11) is -3.95. The number of nitrogens with zero attached hydrogens (tertiary/aromatic N) is 1. The molecular formula is C19H28N3O9P. The Kier molecular flexibility index (Phi) is 6.71. The van der Waals surface area contributed by atoms with Crippen LogP contribution in [0.3, 0.4) is 0 Å². The second kappa shape index (κ2) is 9.20. The van der Waals surface area contributed by atoms with Crippen LogP contribution in [-0.2, 0) is 32.4 Å². The molecule has 13 heteroatoms. The molecule has 0 spiro atoms. The van der Waals surface area contributed by atoms with Gasteiger partial charge in [-0.2, -0.15) is 0 Å². The highest BCUT2D eigenvalue weighted by atomic mass is 31.2. The van der Waals surface area contributed by atoms with Gasteiger partial charge in [0.2, 0.25) is 0 Å². The average Bonchev–Trinajstić information content (AvgIpc) is 3.32. The third kappa shape index (κ3) is 4.90. The zero-order valence-electron chi connectivity index (χ0n) is 17.8. The first-order valence-corrected chi connectivity index (χ1v) is 12.2. The van der Waals surface area contributed by atoms with Gasteiger partial charge in [0, 0.05) is 18.7 Å². The summed E-state index contributed by atoms with van der Waals surface area (Å²) in [4.78, 5) is 37.5. The zero-order valence-corrected chi connectivity index (χ0v) is 18.7. The summed E-state index contributed by atoms with van der Waals surface area (Å²) < 4.78 is 41.5. The van der Waals surface area contributed by atoms with Crippen LogP contribution in [0.4, 0.5) is 0 Å². The number of carbonyl (C=O) groups is 1. The minimum Gasteiger partial charge on any atom is -0.462 e. The molecule has 3 N–H and O–H groups in total. The summed E-state index contributed by atoms with van der Waals surface area (Å²) in [5.74, 6) is -0.308. The van der Waals surface area contributed by atoms with Crippen molar-refractivity contribution in [1.29, 1.82) is 0 Å². The van der Waals surface area contributed by atoms with E-state index in [2.05, 4.69) is 4.98 Å². The SMILES string of the molecule is C[C@@]1(N)[C@@H]2O[P@](=O)(OCCCC(=O)OC3CCCC3)OC[C@H]2O[C@H]1n1ccc(=O)[nH]c1=O. The van der Waals surface area contributed by atoms with E-state index < -0.39 is 43.0 Å². The number of esters is 1. The average molecular weight is 473 g/mol. The Labute approximate surface area is 183 Å². The number of carbonyl (C=O) groups excluding carboxylic acids is 1. The summed E-state index contributed by atoms with van der Waals surface area (Å²) >= 11 is 0. The van der Waals surface area contributed by atoms with Crippen LogP contribution in [0.25, 0.3) is 0 Å². The summed E-state index contributed by atoms with van der Waals surface area (Å²) in [6.07, 6.45) is 3.07. The molecule has 32 heavy (non-hydrogen) atoms. The number of aromatic amines is 1. The predicted octanol–water partition coefficient (Wildman–Crippen LogP) is 0.958. The fraction of sp³-hybridized carbons (Fsp3) is 0.737. The van der Waals surface area contributed by atoms with Crippen molar-refractivity contribution in [3.8, 4) is 0 Å². The van der Waals surface area contributed by atoms with Gasteiger partial charge in [-0.1, -0.05) is 0 Å². The van der Waals surface area contributed by atoms with Crippen LogP contribution >= 0.6 is 7.82 Å². The maximum absolute atomic E-state index is 12.9. The van der Waals surface area contributed by atoms with Crippen molar-refractivity contribution in [1.82, 2.24) is 9.55 Å². The highest BCUT2D eigenvalue weighted by Crippen LogP contribution is 2.58. The van der Waals surface area contributed by atoms with Crippen LogP contribution in [0.15, 0.2) is 21.9 Å². The highest BCUT2D eigenvalue weighted by Gasteiger charge is 2.59. The van der Waals surface area contributed by atoms with E-state index in [4.69, 9.17) is 28.8 Å². The van der Waals surface area contributed by atoms with Crippen molar-refractivity contribution in [2.24, 2.45) is 5.73 Å². The highest BCUT2D eigenvalue weighted by molar-refractivity contribution is 7.48. The molecule has 2 aliphatic heterocycles. The third-order valence-corrected chi connectivity index (χ3v) is 7.35. The largest absolute Gasteiger partial charge is 0.475 e. The number of H-pyrrole nitrogens is 1. The first kappa shape index (κ1) is 23.3. The molecule has 3 aliphatic rings. The minimum atomic E-state index is -3.95. The van der Waals surface area contributed by atoms with Gasteiger partial charge in [-0.15, -0.1) is 0 Å². The van der Waals surface area contributed by atoms with Crippen molar-refractivity contribution in [3.05, 3.63) is 33.1 Å². The van der Waals surface area contributed by atoms with Crippen LogP contribution in [-0.4, -0.2) is 52.6 Å². The predicted molar refractivity (Wildman–Crippen MR) is 110 cm³/mol. The molecule has 2 saturated heterocycles. The second-order valence-electron chi connectivity index (χ2n) is 8.51. The molecule has 0 aromatic carbocycles. The van der Waals surface area contributed by atoms with E-state index in [1.54, 1.807) is 6.92 Å². The summed E-state index contributed by atoms with van der Waals surface area (Å²) in [5.41, 5.74) is 3.89. The van der Waals surface area contributed by atoms with Gasteiger partial charge in [0.1, 0.15) is 18.3 Å². The first-order valence-electron chi connectivity index (χ1n) is 10.7. The van der Waals surface area contributed by atoms with Crippen molar-refractivity contribution >= 4 is 13.8 Å². The van der Waals surface area contributed by atoms with E-state index in [1.165, 1.54) is 12.3 Å². The molecular weight excluding hydrogens is 445 g/mol. The molecule has 178 valence electrons. The number of phosphoric ester groups is 1. The van der Waals surface area contributed by atoms with E-state index >= 15 is 0 Å². The van der Waals surface area contributed by atoms with E-state index in [-0.39, 0.29) is 31.7 Å². The molecule has 4 rings (SSSR count). The lowest BCUT2D eigenvalue weighted by molar-refractivity contribution is -0.149. The van der Waals surface area contributed by atoms with Gasteiger partial charge in [-0.25, -0.2) is 9.36 Å². The lowest BCUT2D eigenvalue weighted by Gasteiger charge is -2.35. The van der Waals surface area contributed by atoms with Crippen LogP contribution in [0.5, 0.6) is 0 Å². The van der Waals surface area contributed by atoms with Crippen LogP contribution in [0.1, 0.15) is 51.7 Å². The van der Waals surface area contributed by atoms with Gasteiger partial charge < -0.3 is 15.2 Å². The van der Waals surface area contributed by atoms with E-state index in [0.29, 0.717) is 6.42 Å². The van der Waals surface area contributed by atoms with Crippen molar-refractivity contribution in [2.45, 2.75) is 75.5 Å². The second-order valence-corrected chi connectivity index (χ2v) is 10.1. The fourth-order valence-corrected chi connectivity index (χ4v) is 5.78. The maximum atomic E-state index is 12.9. The van der Waals surface area contributed by atoms with Gasteiger partial charge in [-0.3, -0.25) is 32.7 Å². The fourth-order valence-electron chi connectivity index (χ4n) is 4.26. The molecule has 1 aromatic rings. The Morgan fingerprint density at radius 2 is 2.12 bits per heavy atom. The van der Waals surface area contributed by atoms with E-state index in [1.807, 2.05) is 0 Å². The zero-order chi connectivity index (χ0) is 22.9. The molecule has 1 saturated carbocycles. The number of aromatic nitrogens is 2. The maximum Gasteiger partial charge on any atom is 0.475 e. The Balaban J connectivity index is 1.32. The molecule has 3 fully saturated rings. The number of hydrogen-bond acceptors (Lipinski definition) is 10. The molecule has 1 aromatic heterocycles. The van der Waals surface area contributed by atoms with Gasteiger partial charge >= 0.3 is 19.5 Å². The number of ether oxygens (including phenoxy) is 2. The normalized spacial score (nSPS) is 35.0. The van der Waals surface area contributed by atoms with Crippen molar-refractivity contribution < 1.29 is 32.4 Å². The van der Waals surface area contributed by atoms with E-state index in [0.717, 1.165) is 30.3 Å². The third-order valence-electron chi connectivity index (χ3n) is 5.90. The Morgan fingerprint density at radius 1 is 1.38 bits per heavy atom. The molecule has 0 unspecified atom stereocenters. The summed E-state index contributed by atoms with van der Waals surface area (Å²) in [6, 6.07) is 1.17. The number of phosphoric acid groups is 1. The van der Waals surface area contributed by atoms with Gasteiger partial charge in [0.25, 0.3) is 5.56 Å². The molecule has 12 nitrogen and oxygen atoms in total. The Bertz CT molecular complexity index is 1000. The standard InChI is InChI=1S/C19H28N3O9P/c1-19(20)16-13(30-17(19)22-9-8-14(23)21-18(22)25)11-28-32(26,31-16)27-10-4-7-15(24)29-12-5-2-3-6-12/h8-9,12-13,16-17H,2-7,10-11,20H2,1H3,(H,21,23,25)/t13-,16-,17-,19-,32-/m1/s1. The van der Waals surface area contributed by atoms with Gasteiger partial charge in [-0.05, 0) is 39.0 Å². The molecule has 0 amide bonds. The number of rotatable bonds is 7. The molecule has 0 bridgehead atoms. The summed E-state index contributed by atoms with van der Waals surface area (Å²) in [6.45, 7) is 1.45. The van der Waals surface area contributed by atoms with E-state index in [9.17, 15) is 18.9 Å². The quantitative estimate of drug-likeness (QED) is 0.331. The molecule has 5 atom stereocenters. The molecule has 1 aliphatic carbocycles. The lowest BCUT2D eigenvalue weighted by atomic mass is 9.93. The molecule has 3 heterocycles. The minimum absolute atomic E-state index is 0.00351. The topological polar surface area (TPSA) is 161 Å². The smallest absolute Gasteiger partial charge is 0.462 e. The number of fused-ring (bicyclic) bond motifs is 1. The van der Waals surface area contributed by atoms with Gasteiger partial charge in [0.05, 0.1) is 18.8 Å². The number of hydrogen-bond donors (Lipinski definition) is 2. The van der Waals surface area contributed by atoms with Crippen molar-refractivity contribution in [2.75, 3.05) is 13.2 Å². The first-order chi connectivity index (χ1) is 15.2. The summed E-state index contributed by atoms with van der Waals surface area (Å²) in [5, 5.41) is 0. The van der Waals surface area contributed by atoms with Crippen LogP contribution in [0.2, 0.25) is 0 Å². The molecule has 0 radical (unpaired) electrons. The number of nitrogens with two attached hydrogens (primary N) is 1. The number of nitrogens with one attached hydrogen (secondary N) is 1. The lowest BCUT2D eigenvalue weighted by Crippen LogP contribution is -2.55. The Hall–Kier alpha value is -1.82. The van der Waals surface area contributed by atoms with Crippen molar-refractivity contribution in [3.63, 3.8) is 0 Å². The van der Waals surface area contributed by atoms with Crippen LogP contribution < -0.4 is 17.0 Å².